The summed E-state index contributed by atoms with van der Waals surface area (Å²) in [5.74, 6) is 0. The molecule has 0 aliphatic rings. The van der Waals surface area contributed by atoms with E-state index in [9.17, 15) is 2.74 Å². The zero-order valence-electron chi connectivity index (χ0n) is 34.3. The highest BCUT2D eigenvalue weighted by atomic mass is 16.3. The van der Waals surface area contributed by atoms with Crippen molar-refractivity contribution in [3.8, 4) is 33.4 Å². The normalized spacial score (nSPS) is 12.6. The molecule has 11 aromatic rings. The van der Waals surface area contributed by atoms with Gasteiger partial charge in [-0.25, -0.2) is 0 Å². The molecule has 1 aromatic heterocycles. The van der Waals surface area contributed by atoms with E-state index < -0.39 is 0 Å². The van der Waals surface area contributed by atoms with Crippen LogP contribution in [0.3, 0.4) is 0 Å². The van der Waals surface area contributed by atoms with Crippen LogP contribution in [-0.2, 0) is 0 Å². The minimum Gasteiger partial charge on any atom is -0.455 e. The molecule has 0 fully saturated rings. The van der Waals surface area contributed by atoms with Crippen LogP contribution >= 0.6 is 0 Å². The van der Waals surface area contributed by atoms with Gasteiger partial charge in [-0.05, 0) is 103 Å². The molecule has 262 valence electrons. The second-order valence-corrected chi connectivity index (χ2v) is 14.2. The van der Waals surface area contributed by atoms with Gasteiger partial charge in [0, 0.05) is 33.4 Å². The van der Waals surface area contributed by atoms with Gasteiger partial charge in [-0.2, -0.15) is 0 Å². The smallest absolute Gasteiger partial charge is 0.143 e. The Balaban J connectivity index is 1.02. The van der Waals surface area contributed by atoms with Gasteiger partial charge < -0.3 is 9.32 Å². The lowest BCUT2D eigenvalue weighted by molar-refractivity contribution is 0.670. The van der Waals surface area contributed by atoms with Crippen molar-refractivity contribution in [1.29, 1.82) is 0 Å². The molecule has 0 unspecified atom stereocenters. The summed E-state index contributed by atoms with van der Waals surface area (Å²) in [7, 11) is 0. The van der Waals surface area contributed by atoms with Crippen molar-refractivity contribution >= 4 is 71.3 Å². The van der Waals surface area contributed by atoms with Crippen LogP contribution in [-0.4, -0.2) is 0 Å². The molecule has 0 radical (unpaired) electrons. The topological polar surface area (TPSA) is 16.4 Å². The summed E-state index contributed by atoms with van der Waals surface area (Å²) in [6, 6.07) is 63.4. The van der Waals surface area contributed by atoms with Crippen molar-refractivity contribution in [2.45, 2.75) is 0 Å². The van der Waals surface area contributed by atoms with Gasteiger partial charge >= 0.3 is 0 Å². The molecule has 11 rings (SSSR count). The summed E-state index contributed by atoms with van der Waals surface area (Å²) in [6.07, 6.45) is 0. The predicted molar refractivity (Wildman–Crippen MR) is 237 cm³/mol. The summed E-state index contributed by atoms with van der Waals surface area (Å²) in [5, 5.41) is 8.75. The fourth-order valence-corrected chi connectivity index (χ4v) is 8.16. The fraction of sp³-hybridized carbons (Fsp3) is 0. The molecule has 1 heterocycles. The Hall–Kier alpha value is -7.42. The van der Waals surface area contributed by atoms with Gasteiger partial charge in [0.2, 0.25) is 0 Å². The van der Waals surface area contributed by atoms with E-state index in [-0.39, 0.29) is 29.7 Å². The number of para-hydroxylation sites is 2. The minimum absolute atomic E-state index is 0.0600. The molecule has 10 aromatic carbocycles. The zero-order valence-corrected chi connectivity index (χ0v) is 30.3. The number of anilines is 3. The van der Waals surface area contributed by atoms with E-state index in [0.717, 1.165) is 66.3 Å². The van der Waals surface area contributed by atoms with Crippen molar-refractivity contribution in [2.75, 3.05) is 4.90 Å². The molecule has 0 spiro atoms. The molecule has 0 N–H and O–H groups in total. The van der Waals surface area contributed by atoms with Crippen LogP contribution in [0.4, 0.5) is 17.1 Å². The van der Waals surface area contributed by atoms with Crippen molar-refractivity contribution in [1.82, 2.24) is 0 Å². The molecule has 0 atom stereocenters. The molecule has 0 bridgehead atoms. The highest BCUT2D eigenvalue weighted by Crippen LogP contribution is 2.41. The Bertz CT molecular complexity index is 3450. The van der Waals surface area contributed by atoms with Crippen LogP contribution in [0.5, 0.6) is 0 Å². The van der Waals surface area contributed by atoms with E-state index in [1.165, 1.54) is 16.2 Å². The molecule has 0 saturated heterocycles. The van der Waals surface area contributed by atoms with Gasteiger partial charge in [-0.1, -0.05) is 170 Å². The van der Waals surface area contributed by atoms with E-state index in [1.807, 2.05) is 84.9 Å². The van der Waals surface area contributed by atoms with Gasteiger partial charge in [-0.15, -0.1) is 0 Å². The Morgan fingerprint density at radius 1 is 0.339 bits per heavy atom. The second-order valence-electron chi connectivity index (χ2n) is 14.2. The van der Waals surface area contributed by atoms with Crippen molar-refractivity contribution in [3.63, 3.8) is 0 Å². The average molecular weight is 718 g/mol. The number of benzene rings is 10. The maximum absolute atomic E-state index is 9.17. The van der Waals surface area contributed by atoms with Gasteiger partial charge in [-0.3, -0.25) is 0 Å². The maximum Gasteiger partial charge on any atom is 0.143 e. The van der Waals surface area contributed by atoms with E-state index in [2.05, 4.69) is 108 Å². The first-order chi connectivity index (χ1) is 29.4. The lowest BCUT2D eigenvalue weighted by atomic mass is 9.96. The molecule has 0 saturated carbocycles. The Morgan fingerprint density at radius 2 is 0.875 bits per heavy atom. The predicted octanol–water partition coefficient (Wildman–Crippen LogP) is 15.5. The monoisotopic (exact) mass is 717 g/mol. The molecule has 0 aliphatic carbocycles. The van der Waals surface area contributed by atoms with Crippen LogP contribution in [0, 0.1) is 0 Å². The summed E-state index contributed by atoms with van der Waals surface area (Å²) in [6.45, 7) is 0. The van der Waals surface area contributed by atoms with Gasteiger partial charge in [0.1, 0.15) is 11.2 Å². The van der Waals surface area contributed by atoms with Gasteiger partial charge in [0.15, 0.2) is 0 Å². The van der Waals surface area contributed by atoms with Crippen molar-refractivity contribution < 1.29 is 9.90 Å². The van der Waals surface area contributed by atoms with Crippen LogP contribution in [0.2, 0.25) is 0 Å². The molecule has 0 amide bonds. The number of furan rings is 1. The van der Waals surface area contributed by atoms with Crippen LogP contribution in [0.15, 0.2) is 217 Å². The summed E-state index contributed by atoms with van der Waals surface area (Å²) >= 11 is 0. The summed E-state index contributed by atoms with van der Waals surface area (Å²) < 4.78 is 43.0. The fourth-order valence-electron chi connectivity index (χ4n) is 8.16. The number of rotatable bonds is 6. The number of hydrogen-bond acceptors (Lipinski definition) is 2. The third-order valence-electron chi connectivity index (χ3n) is 10.9. The summed E-state index contributed by atoms with van der Waals surface area (Å²) in [4.78, 5) is 2.21. The SMILES string of the molecule is [2H]c1c([2H])c(-c2cccc3ccccc23)c([2H])c([2H])c1-c1ccc(N(c2ccc(-c3cccc4c3oc3ccccc34)cc2)c2ccc3c(ccc4ccccc43)c2)cc1. The molecule has 2 heteroatoms. The van der Waals surface area contributed by atoms with Crippen LogP contribution < -0.4 is 4.90 Å². The van der Waals surface area contributed by atoms with Crippen molar-refractivity contribution in [2.24, 2.45) is 0 Å². The molecular formula is C54H35NO. The first-order valence-electron chi connectivity index (χ1n) is 20.8. The Morgan fingerprint density at radius 3 is 1.66 bits per heavy atom. The molecular weight excluding hydrogens is 679 g/mol. The minimum atomic E-state index is -0.0691. The third kappa shape index (κ3) is 5.42. The molecule has 56 heavy (non-hydrogen) atoms. The molecule has 0 aliphatic heterocycles. The highest BCUT2D eigenvalue weighted by Gasteiger charge is 2.17. The third-order valence-corrected chi connectivity index (χ3v) is 10.9. The summed E-state index contributed by atoms with van der Waals surface area (Å²) in [5.41, 5.74) is 8.47. The van der Waals surface area contributed by atoms with Gasteiger partial charge in [0.05, 0.1) is 5.48 Å². The van der Waals surface area contributed by atoms with E-state index in [0.29, 0.717) is 16.7 Å². The van der Waals surface area contributed by atoms with E-state index >= 15 is 0 Å². The Kier molecular flexibility index (Phi) is 6.60. The average Bonchev–Trinajstić information content (AvgIpc) is 3.68. The van der Waals surface area contributed by atoms with Crippen molar-refractivity contribution in [3.05, 3.63) is 212 Å². The van der Waals surface area contributed by atoms with E-state index in [4.69, 9.17) is 7.16 Å². The van der Waals surface area contributed by atoms with Crippen LogP contribution in [0.25, 0.3) is 87.6 Å². The lowest BCUT2D eigenvalue weighted by Crippen LogP contribution is -2.09. The molecule has 2 nitrogen and oxygen atoms in total. The Labute approximate surface area is 330 Å². The quantitative estimate of drug-likeness (QED) is 0.159. The largest absolute Gasteiger partial charge is 0.455 e. The number of fused-ring (bicyclic) bond motifs is 7. The second kappa shape index (κ2) is 13.2. The van der Waals surface area contributed by atoms with Crippen LogP contribution in [0.1, 0.15) is 5.48 Å². The zero-order chi connectivity index (χ0) is 40.5. The maximum atomic E-state index is 9.17. The highest BCUT2D eigenvalue weighted by molar-refractivity contribution is 6.10. The van der Waals surface area contributed by atoms with Gasteiger partial charge in [0.25, 0.3) is 0 Å². The van der Waals surface area contributed by atoms with E-state index in [1.54, 1.807) is 0 Å². The number of hydrogen-bond donors (Lipinski definition) is 0. The number of nitrogens with zero attached hydrogens (tertiary/aromatic N) is 1. The lowest BCUT2D eigenvalue weighted by Gasteiger charge is -2.26. The first-order valence-corrected chi connectivity index (χ1v) is 18.8. The standard InChI is InChI=1S/C54H35NO/c1-3-12-46-38(9-1)11-7-15-48(46)40-21-19-36(20-22-40)37-25-29-43(30-26-37)55(45-33-34-49-42(35-45)24-23-39-10-2-4-13-47(39)49)44-31-27-41(28-32-44)50-16-8-17-52-51-14-5-6-18-53(51)56-54(50)52/h1-35H/i19D,20D,21D,22D. The first kappa shape index (κ1) is 28.1.